The Bertz CT molecular complexity index is 214. The monoisotopic (exact) mass is 444 g/mol. The van der Waals surface area contributed by atoms with Gasteiger partial charge in [0.05, 0.1) is 0 Å². The molecule has 90 valence electrons. The number of allylic oxidation sites excluding steroid dienone is 4. The van der Waals surface area contributed by atoms with Gasteiger partial charge in [0.1, 0.15) is 0 Å². The van der Waals surface area contributed by atoms with E-state index in [2.05, 4.69) is 6.58 Å². The van der Waals surface area contributed by atoms with Gasteiger partial charge < -0.3 is 5.11 Å². The summed E-state index contributed by atoms with van der Waals surface area (Å²) in [6, 6.07) is 0. The van der Waals surface area contributed by atoms with E-state index in [0.29, 0.717) is 0 Å². The topological polar surface area (TPSA) is 37.3 Å². The number of hydrogen-bond acceptors (Lipinski definition) is 1. The van der Waals surface area contributed by atoms with Crippen LogP contribution in [0.15, 0.2) is 36.5 Å². The fourth-order valence-corrected chi connectivity index (χ4v) is 0.614. The first-order valence-corrected chi connectivity index (χ1v) is 3.77. The average Bonchev–Trinajstić information content (AvgIpc) is 1.96. The molecule has 15 heavy (non-hydrogen) atoms. The molecule has 0 rings (SSSR count). The van der Waals surface area contributed by atoms with Crippen molar-refractivity contribution in [3.8, 4) is 0 Å². The van der Waals surface area contributed by atoms with Gasteiger partial charge in [0.25, 0.3) is 0 Å². The molecule has 1 atom stereocenters. The SMILES string of the molecule is C=C(C)/C=C\C(C)/C=C/C(=O)O.[Ag].[Ag].[Zn]. The van der Waals surface area contributed by atoms with Gasteiger partial charge in [-0.25, -0.2) is 4.79 Å². The van der Waals surface area contributed by atoms with Crippen molar-refractivity contribution < 1.29 is 74.1 Å². The zero-order chi connectivity index (χ0) is 9.56. The van der Waals surface area contributed by atoms with Gasteiger partial charge in [0.2, 0.25) is 0 Å². The molecule has 0 aromatic rings. The van der Waals surface area contributed by atoms with Crippen LogP contribution in [0.1, 0.15) is 13.8 Å². The summed E-state index contributed by atoms with van der Waals surface area (Å²) in [5, 5.41) is 8.31. The summed E-state index contributed by atoms with van der Waals surface area (Å²) < 4.78 is 0. The van der Waals surface area contributed by atoms with Crippen LogP contribution in [0.5, 0.6) is 0 Å². The van der Waals surface area contributed by atoms with Crippen molar-refractivity contribution in [2.75, 3.05) is 0 Å². The van der Waals surface area contributed by atoms with Crippen molar-refractivity contribution in [2.45, 2.75) is 13.8 Å². The molecule has 0 aromatic heterocycles. The molecule has 0 spiro atoms. The molecule has 2 radical (unpaired) electrons. The van der Waals surface area contributed by atoms with E-state index in [1.165, 1.54) is 0 Å². The van der Waals surface area contributed by atoms with Crippen molar-refractivity contribution in [1.82, 2.24) is 0 Å². The van der Waals surface area contributed by atoms with Crippen LogP contribution in [0.25, 0.3) is 0 Å². The Morgan fingerprint density at radius 3 is 2.00 bits per heavy atom. The van der Waals surface area contributed by atoms with Crippen molar-refractivity contribution in [3.05, 3.63) is 36.5 Å². The fourth-order valence-electron chi connectivity index (χ4n) is 0.614. The van der Waals surface area contributed by atoms with Crippen LogP contribution in [0.3, 0.4) is 0 Å². The first-order valence-electron chi connectivity index (χ1n) is 3.77. The molecule has 0 heterocycles. The molecule has 0 bridgehead atoms. The Morgan fingerprint density at radius 2 is 1.67 bits per heavy atom. The Hall–Kier alpha value is 0.794. The summed E-state index contributed by atoms with van der Waals surface area (Å²) >= 11 is 0. The standard InChI is InChI=1S/C10H14O2.2Ag.Zn/c1-8(2)4-5-9(3)6-7-10(11)12;;;/h4-7,9H,1H2,2-3H3,(H,11,12);;;/b5-4-,7-6+;;;. The largest absolute Gasteiger partial charge is 0.478 e. The first-order chi connectivity index (χ1) is 5.52. The third-order valence-electron chi connectivity index (χ3n) is 1.23. The molecule has 0 aliphatic carbocycles. The summed E-state index contributed by atoms with van der Waals surface area (Å²) in [6.07, 6.45) is 6.55. The second-order valence-corrected chi connectivity index (χ2v) is 2.76. The summed E-state index contributed by atoms with van der Waals surface area (Å²) in [4.78, 5) is 10.1. The molecular weight excluding hydrogens is 433 g/mol. The maximum absolute atomic E-state index is 10.1. The van der Waals surface area contributed by atoms with Crippen molar-refractivity contribution in [3.63, 3.8) is 0 Å². The number of carbonyl (C=O) groups is 1. The van der Waals surface area contributed by atoms with E-state index in [-0.39, 0.29) is 70.2 Å². The second kappa shape index (κ2) is 14.8. The van der Waals surface area contributed by atoms with Crippen molar-refractivity contribution >= 4 is 5.97 Å². The first kappa shape index (κ1) is 24.9. The van der Waals surface area contributed by atoms with E-state index in [1.54, 1.807) is 6.08 Å². The average molecular weight is 447 g/mol. The third-order valence-corrected chi connectivity index (χ3v) is 1.23. The van der Waals surface area contributed by atoms with Crippen molar-refractivity contribution in [1.29, 1.82) is 0 Å². The number of hydrogen-bond donors (Lipinski definition) is 1. The second-order valence-electron chi connectivity index (χ2n) is 2.76. The molecule has 0 aliphatic rings. The van der Waals surface area contributed by atoms with Crippen LogP contribution in [-0.2, 0) is 69.0 Å². The zero-order valence-electron chi connectivity index (χ0n) is 8.76. The minimum absolute atomic E-state index is 0. The molecule has 0 amide bonds. The molecule has 0 aliphatic heterocycles. The Labute approximate surface area is 135 Å². The Balaban J connectivity index is -0.000000202. The molecule has 0 saturated heterocycles. The smallest absolute Gasteiger partial charge is 0.327 e. The molecule has 1 N–H and O–H groups in total. The van der Waals surface area contributed by atoms with Gasteiger partial charge in [-0.3, -0.25) is 0 Å². The van der Waals surface area contributed by atoms with Crippen LogP contribution in [0, 0.1) is 5.92 Å². The predicted octanol–water partition coefficient (Wildman–Crippen LogP) is 2.39. The molecule has 2 nitrogen and oxygen atoms in total. The minimum Gasteiger partial charge on any atom is -0.478 e. The Morgan fingerprint density at radius 1 is 1.27 bits per heavy atom. The third kappa shape index (κ3) is 20.8. The van der Waals surface area contributed by atoms with Gasteiger partial charge in [-0.05, 0) is 12.8 Å². The van der Waals surface area contributed by atoms with Crippen molar-refractivity contribution in [2.24, 2.45) is 5.92 Å². The van der Waals surface area contributed by atoms with Gasteiger partial charge in [0.15, 0.2) is 0 Å². The summed E-state index contributed by atoms with van der Waals surface area (Å²) in [7, 11) is 0. The number of carboxylic acid groups (broad SMARTS) is 1. The summed E-state index contributed by atoms with van der Waals surface area (Å²) in [5.41, 5.74) is 0.963. The van der Waals surface area contributed by atoms with Crippen LogP contribution in [-0.4, -0.2) is 11.1 Å². The van der Waals surface area contributed by atoms with E-state index >= 15 is 0 Å². The fraction of sp³-hybridized carbons (Fsp3) is 0.300. The number of carboxylic acids is 1. The number of aliphatic carboxylic acids is 1. The summed E-state index contributed by atoms with van der Waals surface area (Å²) in [5.74, 6) is -0.775. The molecule has 0 aromatic carbocycles. The molecule has 0 saturated carbocycles. The van der Waals surface area contributed by atoms with Gasteiger partial charge in [-0.1, -0.05) is 37.3 Å². The zero-order valence-corrected chi connectivity index (χ0v) is 14.7. The van der Waals surface area contributed by atoms with E-state index in [4.69, 9.17) is 5.11 Å². The quantitative estimate of drug-likeness (QED) is 0.409. The molecular formula is C10H14Ag2O2Zn. The van der Waals surface area contributed by atoms with Gasteiger partial charge >= 0.3 is 5.97 Å². The van der Waals surface area contributed by atoms with E-state index in [0.717, 1.165) is 11.6 Å². The minimum atomic E-state index is -0.912. The van der Waals surface area contributed by atoms with E-state index in [9.17, 15) is 4.79 Å². The predicted molar refractivity (Wildman–Crippen MR) is 49.9 cm³/mol. The van der Waals surface area contributed by atoms with Gasteiger partial charge in [0, 0.05) is 70.3 Å². The Kier molecular flexibility index (Phi) is 24.5. The normalized spacial score (nSPS) is 11.1. The molecule has 5 heteroatoms. The van der Waals surface area contributed by atoms with Crippen LogP contribution >= 0.6 is 0 Å². The van der Waals surface area contributed by atoms with Gasteiger partial charge in [-0.2, -0.15) is 0 Å². The van der Waals surface area contributed by atoms with Crippen LogP contribution in [0.2, 0.25) is 0 Å². The molecule has 0 fully saturated rings. The maximum atomic E-state index is 10.1. The van der Waals surface area contributed by atoms with Gasteiger partial charge in [-0.15, -0.1) is 0 Å². The van der Waals surface area contributed by atoms with E-state index < -0.39 is 5.97 Å². The molecule has 1 unspecified atom stereocenters. The summed E-state index contributed by atoms with van der Waals surface area (Å²) in [6.45, 7) is 7.50. The van der Waals surface area contributed by atoms with Crippen LogP contribution < -0.4 is 0 Å². The van der Waals surface area contributed by atoms with Crippen LogP contribution in [0.4, 0.5) is 0 Å². The maximum Gasteiger partial charge on any atom is 0.327 e. The number of rotatable bonds is 4. The van der Waals surface area contributed by atoms with E-state index in [1.807, 2.05) is 26.0 Å².